The average Bonchev–Trinajstić information content (AvgIpc) is 1.69. The van der Waals surface area contributed by atoms with Gasteiger partial charge in [0.05, 0.1) is 0 Å². The van der Waals surface area contributed by atoms with Crippen LogP contribution in [0.4, 0.5) is 0 Å². The average molecular weight is 104 g/mol. The summed E-state index contributed by atoms with van der Waals surface area (Å²) >= 11 is 0. The summed E-state index contributed by atoms with van der Waals surface area (Å²) in [6, 6.07) is 0. The predicted molar refractivity (Wildman–Crippen MR) is 23.7 cm³/mol. The minimum absolute atomic E-state index is 0.249. The van der Waals surface area contributed by atoms with Crippen molar-refractivity contribution in [3.8, 4) is 0 Å². The lowest BCUT2D eigenvalue weighted by atomic mass is 10.9. The molecule has 6 heteroatoms. The summed E-state index contributed by atoms with van der Waals surface area (Å²) in [5.41, 5.74) is 18.1. The van der Waals surface area contributed by atoms with Crippen molar-refractivity contribution in [1.82, 2.24) is 27.5 Å². The van der Waals surface area contributed by atoms with E-state index < -0.39 is 0 Å². The Bertz CT molecular complexity index is 46.1. The molecule has 0 spiro atoms. The molecule has 1 saturated heterocycles. The van der Waals surface area contributed by atoms with Crippen molar-refractivity contribution in [3.05, 3.63) is 0 Å². The molecule has 7 N–H and O–H groups in total. The molecule has 1 rings (SSSR count). The normalized spacial score (nSPS) is 25.3. The monoisotopic (exact) mass is 104 g/mol. The first kappa shape index (κ1) is 4.91. The third-order valence-electron chi connectivity index (χ3n) is 0.580. The molecule has 0 unspecified atom stereocenters. The number of hydrogen-bond acceptors (Lipinski definition) is 6. The van der Waals surface area contributed by atoms with E-state index in [1.54, 1.807) is 0 Å². The van der Waals surface area contributed by atoms with Crippen LogP contribution in [0.5, 0.6) is 0 Å². The Morgan fingerprint density at radius 3 is 1.86 bits per heavy atom. The van der Waals surface area contributed by atoms with Crippen molar-refractivity contribution in [2.24, 2.45) is 5.73 Å². The van der Waals surface area contributed by atoms with Gasteiger partial charge < -0.3 is 5.73 Å². The van der Waals surface area contributed by atoms with Gasteiger partial charge in [0, 0.05) is 0 Å². The molecule has 0 aromatic rings. The third kappa shape index (κ3) is 1.35. The molecule has 0 bridgehead atoms. The molecule has 7 heavy (non-hydrogen) atoms. The van der Waals surface area contributed by atoms with Gasteiger partial charge in [-0.3, -0.25) is 0 Å². The van der Waals surface area contributed by atoms with Crippen LogP contribution in [0.25, 0.3) is 0 Å². The molecule has 0 radical (unpaired) electrons. The summed E-state index contributed by atoms with van der Waals surface area (Å²) in [7, 11) is 0. The Hall–Kier alpha value is -0.240. The van der Waals surface area contributed by atoms with E-state index in [0.29, 0.717) is 0 Å². The summed E-state index contributed by atoms with van der Waals surface area (Å²) in [5.74, 6) is 0. The highest BCUT2D eigenvalue weighted by Crippen LogP contribution is 1.53. The minimum Gasteiger partial charge on any atom is -0.301 e. The lowest BCUT2D eigenvalue weighted by molar-refractivity contribution is 0.186. The van der Waals surface area contributed by atoms with Gasteiger partial charge in [0.15, 0.2) is 0 Å². The van der Waals surface area contributed by atoms with E-state index in [2.05, 4.69) is 27.5 Å². The van der Waals surface area contributed by atoms with Crippen LogP contribution >= 0.6 is 0 Å². The molecule has 42 valence electrons. The van der Waals surface area contributed by atoms with Gasteiger partial charge in [0.2, 0.25) is 0 Å². The van der Waals surface area contributed by atoms with Crippen molar-refractivity contribution >= 4 is 0 Å². The zero-order valence-electron chi connectivity index (χ0n) is 3.65. The molecular formula is CH8N6. The second-order valence-corrected chi connectivity index (χ2v) is 1.14. The van der Waals surface area contributed by atoms with E-state index in [1.165, 1.54) is 0 Å². The Kier molecular flexibility index (Phi) is 1.52. The van der Waals surface area contributed by atoms with Crippen molar-refractivity contribution in [1.29, 1.82) is 0 Å². The summed E-state index contributed by atoms with van der Waals surface area (Å²) in [6.45, 7) is 0. The maximum atomic E-state index is 5.25. The smallest absolute Gasteiger partial charge is 0.136 e. The van der Waals surface area contributed by atoms with Crippen molar-refractivity contribution in [2.45, 2.75) is 6.29 Å². The van der Waals surface area contributed by atoms with Crippen LogP contribution in [0.15, 0.2) is 0 Å². The first-order chi connectivity index (χ1) is 3.39. The Morgan fingerprint density at radius 2 is 1.57 bits per heavy atom. The third-order valence-corrected chi connectivity index (χ3v) is 0.580. The standard InChI is InChI=1S/CH8N6/c2-1-3-5-7-6-4-1/h1,3-7H,2H2. The molecule has 6 nitrogen and oxygen atoms in total. The lowest BCUT2D eigenvalue weighted by Crippen LogP contribution is -2.72. The summed E-state index contributed by atoms with van der Waals surface area (Å²) in [6.07, 6.45) is -0.249. The van der Waals surface area contributed by atoms with Crippen LogP contribution in [0.1, 0.15) is 0 Å². The zero-order valence-corrected chi connectivity index (χ0v) is 3.65. The van der Waals surface area contributed by atoms with Gasteiger partial charge in [0.1, 0.15) is 6.29 Å². The van der Waals surface area contributed by atoms with Gasteiger partial charge in [-0.1, -0.05) is 0 Å². The quantitative estimate of drug-likeness (QED) is 0.195. The zero-order chi connectivity index (χ0) is 5.11. The van der Waals surface area contributed by atoms with Gasteiger partial charge in [-0.25, -0.2) is 10.9 Å². The van der Waals surface area contributed by atoms with E-state index in [0.717, 1.165) is 0 Å². The van der Waals surface area contributed by atoms with E-state index in [-0.39, 0.29) is 6.29 Å². The number of hydrazine groups is 4. The fourth-order valence-electron chi connectivity index (χ4n) is 0.295. The highest BCUT2D eigenvalue weighted by Gasteiger charge is 2.00. The molecule has 1 aliphatic heterocycles. The predicted octanol–water partition coefficient (Wildman–Crippen LogP) is -3.15. The maximum Gasteiger partial charge on any atom is 0.136 e. The van der Waals surface area contributed by atoms with Crippen LogP contribution in [0.2, 0.25) is 0 Å². The van der Waals surface area contributed by atoms with E-state index in [1.807, 2.05) is 0 Å². The van der Waals surface area contributed by atoms with Crippen LogP contribution in [-0.4, -0.2) is 6.29 Å². The lowest BCUT2D eigenvalue weighted by Gasteiger charge is -2.22. The van der Waals surface area contributed by atoms with Gasteiger partial charge in [-0.15, -0.1) is 0 Å². The Balaban J connectivity index is 2.12. The maximum absolute atomic E-state index is 5.25. The second-order valence-electron chi connectivity index (χ2n) is 1.14. The first-order valence-electron chi connectivity index (χ1n) is 1.91. The number of hydrogen-bond donors (Lipinski definition) is 6. The van der Waals surface area contributed by atoms with Gasteiger partial charge in [-0.05, 0) is 0 Å². The largest absolute Gasteiger partial charge is 0.301 e. The highest BCUT2D eigenvalue weighted by atomic mass is 15.9. The minimum atomic E-state index is -0.249. The van der Waals surface area contributed by atoms with Crippen LogP contribution in [0.3, 0.4) is 0 Å². The molecule has 1 heterocycles. The fourth-order valence-corrected chi connectivity index (χ4v) is 0.295. The molecule has 0 saturated carbocycles. The summed E-state index contributed by atoms with van der Waals surface area (Å²) in [4.78, 5) is 0. The summed E-state index contributed by atoms with van der Waals surface area (Å²) < 4.78 is 0. The Morgan fingerprint density at radius 1 is 1.00 bits per heavy atom. The molecule has 1 aliphatic rings. The van der Waals surface area contributed by atoms with Crippen molar-refractivity contribution < 1.29 is 0 Å². The fraction of sp³-hybridized carbons (Fsp3) is 1.00. The van der Waals surface area contributed by atoms with Crippen LogP contribution < -0.4 is 33.2 Å². The number of rotatable bonds is 0. The molecule has 0 aliphatic carbocycles. The Labute approximate surface area is 40.7 Å². The molecule has 0 aromatic carbocycles. The topological polar surface area (TPSA) is 86.2 Å². The highest BCUT2D eigenvalue weighted by molar-refractivity contribution is 4.46. The molecule has 0 amide bonds. The molecule has 1 fully saturated rings. The number of nitrogens with two attached hydrogens (primary N) is 1. The van der Waals surface area contributed by atoms with E-state index >= 15 is 0 Å². The second kappa shape index (κ2) is 2.17. The summed E-state index contributed by atoms with van der Waals surface area (Å²) in [5, 5.41) is 0. The van der Waals surface area contributed by atoms with E-state index in [9.17, 15) is 0 Å². The molecule has 0 aromatic heterocycles. The first-order valence-corrected chi connectivity index (χ1v) is 1.91. The van der Waals surface area contributed by atoms with Crippen LogP contribution in [0, 0.1) is 0 Å². The van der Waals surface area contributed by atoms with Gasteiger partial charge in [-0.2, -0.15) is 16.6 Å². The van der Waals surface area contributed by atoms with Crippen molar-refractivity contribution in [2.75, 3.05) is 0 Å². The van der Waals surface area contributed by atoms with Crippen LogP contribution in [-0.2, 0) is 0 Å². The van der Waals surface area contributed by atoms with Gasteiger partial charge in [0.25, 0.3) is 0 Å². The number of nitrogens with one attached hydrogen (secondary N) is 5. The van der Waals surface area contributed by atoms with Crippen molar-refractivity contribution in [3.63, 3.8) is 0 Å². The molecular weight excluding hydrogens is 96.1 g/mol. The molecule has 0 atom stereocenters. The van der Waals surface area contributed by atoms with E-state index in [4.69, 9.17) is 5.73 Å². The van der Waals surface area contributed by atoms with Gasteiger partial charge >= 0.3 is 0 Å². The SMILES string of the molecule is NC1NNNNN1.